The summed E-state index contributed by atoms with van der Waals surface area (Å²) in [6.45, 7) is 1.38. The van der Waals surface area contributed by atoms with E-state index in [1.165, 1.54) is 0 Å². The molecule has 1 aliphatic rings. The molecular weight excluding hydrogens is 328 g/mol. The standard InChI is InChI=1S/C18H19ClN2O3/c19-13-5-6-15(14(10-13)18(23)16-4-1-7-20-16)21-17(22)9-12-3-2-8-24-11-12/h1,4-7,10,12,20H,2-3,8-9,11H2,(H,21,22). The van der Waals surface area contributed by atoms with Gasteiger partial charge in [-0.25, -0.2) is 0 Å². The fourth-order valence-corrected chi connectivity index (χ4v) is 3.03. The summed E-state index contributed by atoms with van der Waals surface area (Å²) in [4.78, 5) is 27.8. The molecule has 0 aliphatic carbocycles. The number of ether oxygens (including phenoxy) is 1. The summed E-state index contributed by atoms with van der Waals surface area (Å²) in [5, 5.41) is 3.29. The molecule has 1 fully saturated rings. The monoisotopic (exact) mass is 346 g/mol. The number of H-pyrrole nitrogens is 1. The van der Waals surface area contributed by atoms with Gasteiger partial charge in [0.2, 0.25) is 11.7 Å². The van der Waals surface area contributed by atoms with Gasteiger partial charge in [-0.3, -0.25) is 9.59 Å². The maximum atomic E-state index is 12.6. The van der Waals surface area contributed by atoms with Crippen LogP contribution in [0.25, 0.3) is 0 Å². The SMILES string of the molecule is O=C(CC1CCCOC1)Nc1ccc(Cl)cc1C(=O)c1ccc[nH]1. The van der Waals surface area contributed by atoms with Crippen LogP contribution < -0.4 is 5.32 Å². The van der Waals surface area contributed by atoms with E-state index in [1.807, 2.05) is 0 Å². The lowest BCUT2D eigenvalue weighted by molar-refractivity contribution is -0.118. The molecule has 1 aromatic carbocycles. The number of rotatable bonds is 5. The number of anilines is 1. The second-order valence-corrected chi connectivity index (χ2v) is 6.37. The first-order valence-corrected chi connectivity index (χ1v) is 8.36. The number of carbonyl (C=O) groups is 2. The van der Waals surface area contributed by atoms with Crippen molar-refractivity contribution >= 4 is 29.0 Å². The Morgan fingerprint density at radius 1 is 1.33 bits per heavy atom. The Hall–Kier alpha value is -2.11. The maximum Gasteiger partial charge on any atom is 0.224 e. The number of hydrogen-bond acceptors (Lipinski definition) is 3. The topological polar surface area (TPSA) is 71.2 Å². The van der Waals surface area contributed by atoms with E-state index in [0.29, 0.717) is 35.0 Å². The van der Waals surface area contributed by atoms with Crippen LogP contribution in [0.2, 0.25) is 5.02 Å². The van der Waals surface area contributed by atoms with Gasteiger partial charge in [-0.2, -0.15) is 0 Å². The molecule has 2 N–H and O–H groups in total. The Balaban J connectivity index is 1.75. The van der Waals surface area contributed by atoms with Gasteiger partial charge in [-0.05, 0) is 49.1 Å². The molecule has 24 heavy (non-hydrogen) atoms. The highest BCUT2D eigenvalue weighted by Gasteiger charge is 2.20. The van der Waals surface area contributed by atoms with Gasteiger partial charge in [-0.1, -0.05) is 11.6 Å². The Labute approximate surface area is 145 Å². The molecule has 1 atom stereocenters. The lowest BCUT2D eigenvalue weighted by atomic mass is 9.98. The van der Waals surface area contributed by atoms with Crippen molar-refractivity contribution in [1.29, 1.82) is 0 Å². The lowest BCUT2D eigenvalue weighted by Gasteiger charge is -2.21. The average molecular weight is 347 g/mol. The van der Waals surface area contributed by atoms with Gasteiger partial charge in [-0.15, -0.1) is 0 Å². The summed E-state index contributed by atoms with van der Waals surface area (Å²) in [6.07, 6.45) is 4.04. The van der Waals surface area contributed by atoms with Gasteiger partial charge in [0.15, 0.2) is 0 Å². The summed E-state index contributed by atoms with van der Waals surface area (Å²) < 4.78 is 5.40. The van der Waals surface area contributed by atoms with Gasteiger partial charge in [0.05, 0.1) is 11.4 Å². The average Bonchev–Trinajstić information content (AvgIpc) is 3.11. The summed E-state index contributed by atoms with van der Waals surface area (Å²) in [5.41, 5.74) is 1.30. The number of aromatic amines is 1. The Morgan fingerprint density at radius 3 is 2.92 bits per heavy atom. The van der Waals surface area contributed by atoms with Crippen molar-refractivity contribution in [2.24, 2.45) is 5.92 Å². The van der Waals surface area contributed by atoms with Crippen molar-refractivity contribution in [3.05, 3.63) is 52.8 Å². The molecule has 1 aliphatic heterocycles. The molecule has 5 nitrogen and oxygen atoms in total. The highest BCUT2D eigenvalue weighted by Crippen LogP contribution is 2.24. The quantitative estimate of drug-likeness (QED) is 0.812. The number of halogens is 1. The van der Waals surface area contributed by atoms with Gasteiger partial charge < -0.3 is 15.0 Å². The van der Waals surface area contributed by atoms with Gasteiger partial charge in [0.25, 0.3) is 0 Å². The molecule has 2 heterocycles. The third kappa shape index (κ3) is 4.04. The Kier molecular flexibility index (Phi) is 5.33. The van der Waals surface area contributed by atoms with Gasteiger partial charge >= 0.3 is 0 Å². The minimum Gasteiger partial charge on any atom is -0.381 e. The first kappa shape index (κ1) is 16.7. The largest absolute Gasteiger partial charge is 0.381 e. The van der Waals surface area contributed by atoms with Crippen molar-refractivity contribution < 1.29 is 14.3 Å². The molecule has 2 aromatic rings. The zero-order chi connectivity index (χ0) is 16.9. The van der Waals surface area contributed by atoms with Crippen LogP contribution in [-0.4, -0.2) is 29.9 Å². The predicted octanol–water partition coefficient (Wildman–Crippen LogP) is 3.65. The van der Waals surface area contributed by atoms with E-state index in [4.69, 9.17) is 16.3 Å². The molecule has 126 valence electrons. The molecule has 1 aromatic heterocycles. The predicted molar refractivity (Wildman–Crippen MR) is 92.5 cm³/mol. The number of aromatic nitrogens is 1. The van der Waals surface area contributed by atoms with E-state index in [9.17, 15) is 9.59 Å². The van der Waals surface area contributed by atoms with Crippen LogP contribution in [0.3, 0.4) is 0 Å². The second kappa shape index (κ2) is 7.64. The summed E-state index contributed by atoms with van der Waals surface area (Å²) >= 11 is 6.02. The lowest BCUT2D eigenvalue weighted by Crippen LogP contribution is -2.24. The van der Waals surface area contributed by atoms with Crippen molar-refractivity contribution in [3.8, 4) is 0 Å². The molecular formula is C18H19ClN2O3. The van der Waals surface area contributed by atoms with E-state index in [-0.39, 0.29) is 17.6 Å². The number of nitrogens with one attached hydrogen (secondary N) is 2. The van der Waals surface area contributed by atoms with Crippen LogP contribution >= 0.6 is 11.6 Å². The highest BCUT2D eigenvalue weighted by molar-refractivity contribution is 6.31. The maximum absolute atomic E-state index is 12.6. The first-order valence-electron chi connectivity index (χ1n) is 7.98. The summed E-state index contributed by atoms with van der Waals surface area (Å²) in [5.74, 6) is -0.0965. The number of carbonyl (C=O) groups excluding carboxylic acids is 2. The van der Waals surface area contributed by atoms with Crippen LogP contribution in [0, 0.1) is 5.92 Å². The van der Waals surface area contributed by atoms with Gasteiger partial charge in [0, 0.05) is 36.4 Å². The zero-order valence-electron chi connectivity index (χ0n) is 13.2. The van der Waals surface area contributed by atoms with E-state index in [1.54, 1.807) is 36.5 Å². The fraction of sp³-hybridized carbons (Fsp3) is 0.333. The Morgan fingerprint density at radius 2 is 2.21 bits per heavy atom. The molecule has 0 spiro atoms. The molecule has 3 rings (SSSR count). The minimum absolute atomic E-state index is 0.117. The minimum atomic E-state index is -0.209. The fourth-order valence-electron chi connectivity index (χ4n) is 2.86. The summed E-state index contributed by atoms with van der Waals surface area (Å²) in [7, 11) is 0. The van der Waals surface area contributed by atoms with E-state index >= 15 is 0 Å². The highest BCUT2D eigenvalue weighted by atomic mass is 35.5. The normalized spacial score (nSPS) is 17.5. The zero-order valence-corrected chi connectivity index (χ0v) is 13.9. The van der Waals surface area contributed by atoms with Crippen molar-refractivity contribution in [2.45, 2.75) is 19.3 Å². The third-order valence-corrected chi connectivity index (χ3v) is 4.31. The summed E-state index contributed by atoms with van der Waals surface area (Å²) in [6, 6.07) is 8.33. The number of amides is 1. The van der Waals surface area contributed by atoms with Crippen LogP contribution in [0.1, 0.15) is 35.3 Å². The molecule has 6 heteroatoms. The van der Waals surface area contributed by atoms with E-state index < -0.39 is 0 Å². The molecule has 1 amide bonds. The third-order valence-electron chi connectivity index (χ3n) is 4.07. The number of ketones is 1. The van der Waals surface area contributed by atoms with Crippen LogP contribution in [-0.2, 0) is 9.53 Å². The van der Waals surface area contributed by atoms with Crippen molar-refractivity contribution in [2.75, 3.05) is 18.5 Å². The number of benzene rings is 1. The molecule has 1 unspecified atom stereocenters. The van der Waals surface area contributed by atoms with Crippen molar-refractivity contribution in [1.82, 2.24) is 4.98 Å². The van der Waals surface area contributed by atoms with Crippen molar-refractivity contribution in [3.63, 3.8) is 0 Å². The molecule has 0 saturated carbocycles. The molecule has 0 radical (unpaired) electrons. The Bertz CT molecular complexity index is 722. The van der Waals surface area contributed by atoms with Crippen LogP contribution in [0.5, 0.6) is 0 Å². The van der Waals surface area contributed by atoms with E-state index in [2.05, 4.69) is 10.3 Å². The first-order chi connectivity index (χ1) is 11.6. The van der Waals surface area contributed by atoms with Gasteiger partial charge in [0.1, 0.15) is 0 Å². The van der Waals surface area contributed by atoms with Crippen LogP contribution in [0.15, 0.2) is 36.5 Å². The smallest absolute Gasteiger partial charge is 0.224 e. The number of hydrogen-bond donors (Lipinski definition) is 2. The molecule has 1 saturated heterocycles. The van der Waals surface area contributed by atoms with Crippen LogP contribution in [0.4, 0.5) is 5.69 Å². The second-order valence-electron chi connectivity index (χ2n) is 5.94. The van der Waals surface area contributed by atoms with E-state index in [0.717, 1.165) is 19.4 Å². The molecule has 0 bridgehead atoms.